The molecule has 1 saturated carbocycles. The summed E-state index contributed by atoms with van der Waals surface area (Å²) in [6.45, 7) is 4.99. The summed E-state index contributed by atoms with van der Waals surface area (Å²) in [5.74, 6) is 0.973. The second kappa shape index (κ2) is 4.84. The quantitative estimate of drug-likeness (QED) is 0.766. The van der Waals surface area contributed by atoms with Crippen LogP contribution in [0.25, 0.3) is 0 Å². The molecular formula is C11H23N3O2S. The zero-order valence-corrected chi connectivity index (χ0v) is 11.4. The molecule has 2 rings (SSSR count). The van der Waals surface area contributed by atoms with Crippen LogP contribution in [0.2, 0.25) is 0 Å². The Balaban J connectivity index is 2.02. The fraction of sp³-hybridized carbons (Fsp3) is 1.00. The van der Waals surface area contributed by atoms with E-state index in [4.69, 9.17) is 5.73 Å². The van der Waals surface area contributed by atoms with Crippen LogP contribution in [-0.2, 0) is 10.2 Å². The first-order valence-corrected chi connectivity index (χ1v) is 7.85. The van der Waals surface area contributed by atoms with Gasteiger partial charge in [0.15, 0.2) is 0 Å². The van der Waals surface area contributed by atoms with Crippen LogP contribution in [0.15, 0.2) is 0 Å². The SMILES string of the molecule is CC(C)NS(=O)(=O)N1C[C@H]2CCC(N)C[C@H]2C1. The second-order valence-corrected chi connectivity index (χ2v) is 7.39. The maximum Gasteiger partial charge on any atom is 0.279 e. The number of nitrogens with zero attached hydrogens (tertiary/aromatic N) is 1. The summed E-state index contributed by atoms with van der Waals surface area (Å²) in [6, 6.07) is 0.210. The summed E-state index contributed by atoms with van der Waals surface area (Å²) >= 11 is 0. The Hall–Kier alpha value is -0.170. The molecule has 5 nitrogen and oxygen atoms in total. The maximum atomic E-state index is 12.1. The molecule has 1 unspecified atom stereocenters. The van der Waals surface area contributed by atoms with Crippen molar-refractivity contribution in [3.05, 3.63) is 0 Å². The van der Waals surface area contributed by atoms with Gasteiger partial charge in [-0.05, 0) is 44.9 Å². The van der Waals surface area contributed by atoms with Crippen LogP contribution in [0.1, 0.15) is 33.1 Å². The van der Waals surface area contributed by atoms with E-state index in [1.807, 2.05) is 13.8 Å². The molecule has 0 aromatic heterocycles. The largest absolute Gasteiger partial charge is 0.328 e. The molecule has 0 aromatic carbocycles. The van der Waals surface area contributed by atoms with Crippen molar-refractivity contribution in [2.24, 2.45) is 17.6 Å². The number of hydrogen-bond donors (Lipinski definition) is 2. The van der Waals surface area contributed by atoms with Crippen molar-refractivity contribution in [1.82, 2.24) is 9.03 Å². The topological polar surface area (TPSA) is 75.4 Å². The summed E-state index contributed by atoms with van der Waals surface area (Å²) in [5.41, 5.74) is 5.94. The Kier molecular flexibility index (Phi) is 3.77. The lowest BCUT2D eigenvalue weighted by Gasteiger charge is -2.28. The smallest absolute Gasteiger partial charge is 0.279 e. The van der Waals surface area contributed by atoms with E-state index in [1.54, 1.807) is 4.31 Å². The van der Waals surface area contributed by atoms with Gasteiger partial charge in [-0.2, -0.15) is 17.4 Å². The average molecular weight is 261 g/mol. The van der Waals surface area contributed by atoms with Gasteiger partial charge in [0.1, 0.15) is 0 Å². The first kappa shape index (κ1) is 13.3. The summed E-state index contributed by atoms with van der Waals surface area (Å²) in [7, 11) is -3.29. The number of rotatable bonds is 3. The molecule has 100 valence electrons. The number of hydrogen-bond acceptors (Lipinski definition) is 3. The Morgan fingerprint density at radius 2 is 1.88 bits per heavy atom. The molecule has 3 atom stereocenters. The van der Waals surface area contributed by atoms with Crippen molar-refractivity contribution in [3.63, 3.8) is 0 Å². The van der Waals surface area contributed by atoms with Gasteiger partial charge in [-0.3, -0.25) is 0 Å². The molecule has 17 heavy (non-hydrogen) atoms. The summed E-state index contributed by atoms with van der Waals surface area (Å²) in [4.78, 5) is 0. The molecule has 1 saturated heterocycles. The van der Waals surface area contributed by atoms with Crippen LogP contribution in [0.5, 0.6) is 0 Å². The van der Waals surface area contributed by atoms with Crippen molar-refractivity contribution in [2.75, 3.05) is 13.1 Å². The van der Waals surface area contributed by atoms with Gasteiger partial charge >= 0.3 is 0 Å². The predicted molar refractivity (Wildman–Crippen MR) is 67.6 cm³/mol. The van der Waals surface area contributed by atoms with Crippen molar-refractivity contribution in [3.8, 4) is 0 Å². The van der Waals surface area contributed by atoms with Crippen molar-refractivity contribution >= 4 is 10.2 Å². The van der Waals surface area contributed by atoms with Gasteiger partial charge in [0.05, 0.1) is 0 Å². The van der Waals surface area contributed by atoms with Gasteiger partial charge in [0, 0.05) is 25.2 Å². The highest BCUT2D eigenvalue weighted by Gasteiger charge is 2.41. The highest BCUT2D eigenvalue weighted by molar-refractivity contribution is 7.87. The van der Waals surface area contributed by atoms with Gasteiger partial charge in [-0.25, -0.2) is 0 Å². The maximum absolute atomic E-state index is 12.1. The Labute approximate surface area is 104 Å². The lowest BCUT2D eigenvalue weighted by atomic mass is 9.79. The molecule has 2 aliphatic rings. The van der Waals surface area contributed by atoms with E-state index in [-0.39, 0.29) is 12.1 Å². The van der Waals surface area contributed by atoms with Crippen LogP contribution in [0.4, 0.5) is 0 Å². The average Bonchev–Trinajstić information content (AvgIpc) is 2.58. The Bertz CT molecular complexity index is 369. The van der Waals surface area contributed by atoms with Crippen LogP contribution >= 0.6 is 0 Å². The molecule has 0 aromatic rings. The van der Waals surface area contributed by atoms with E-state index in [2.05, 4.69) is 4.72 Å². The lowest BCUT2D eigenvalue weighted by molar-refractivity contribution is 0.271. The molecule has 3 N–H and O–H groups in total. The Morgan fingerprint density at radius 1 is 1.24 bits per heavy atom. The second-order valence-electron chi connectivity index (χ2n) is 5.69. The van der Waals surface area contributed by atoms with E-state index < -0.39 is 10.2 Å². The molecule has 1 heterocycles. The number of nitrogens with one attached hydrogen (secondary N) is 1. The van der Waals surface area contributed by atoms with Gasteiger partial charge in [0.25, 0.3) is 10.2 Å². The van der Waals surface area contributed by atoms with Crippen LogP contribution < -0.4 is 10.5 Å². The van der Waals surface area contributed by atoms with E-state index in [9.17, 15) is 8.42 Å². The summed E-state index contributed by atoms with van der Waals surface area (Å²) in [5, 5.41) is 0. The molecule has 1 aliphatic heterocycles. The van der Waals surface area contributed by atoms with Crippen LogP contribution in [0.3, 0.4) is 0 Å². The highest BCUT2D eigenvalue weighted by Crippen LogP contribution is 2.36. The Morgan fingerprint density at radius 3 is 2.53 bits per heavy atom. The van der Waals surface area contributed by atoms with Gasteiger partial charge in [0.2, 0.25) is 0 Å². The van der Waals surface area contributed by atoms with Crippen molar-refractivity contribution in [1.29, 1.82) is 0 Å². The predicted octanol–water partition coefficient (Wildman–Crippen LogP) is 0.288. The van der Waals surface area contributed by atoms with E-state index in [0.717, 1.165) is 19.3 Å². The van der Waals surface area contributed by atoms with Gasteiger partial charge in [-0.15, -0.1) is 0 Å². The summed E-state index contributed by atoms with van der Waals surface area (Å²) in [6.07, 6.45) is 3.07. The van der Waals surface area contributed by atoms with E-state index in [1.165, 1.54) is 0 Å². The monoisotopic (exact) mass is 261 g/mol. The third-order valence-electron chi connectivity index (χ3n) is 3.78. The first-order valence-electron chi connectivity index (χ1n) is 6.41. The standard InChI is InChI=1S/C11H23N3O2S/c1-8(2)13-17(15,16)14-6-9-3-4-11(12)5-10(9)7-14/h8-11,13H,3-7,12H2,1-2H3/t9-,10+,11?/m1/s1. The zero-order chi connectivity index (χ0) is 12.6. The van der Waals surface area contributed by atoms with Crippen LogP contribution in [-0.4, -0.2) is 37.9 Å². The first-order chi connectivity index (χ1) is 7.88. The lowest BCUT2D eigenvalue weighted by Crippen LogP contribution is -2.42. The molecule has 0 spiro atoms. The minimum Gasteiger partial charge on any atom is -0.328 e. The highest BCUT2D eigenvalue weighted by atomic mass is 32.2. The number of fused-ring (bicyclic) bond motifs is 1. The van der Waals surface area contributed by atoms with Crippen molar-refractivity contribution < 1.29 is 8.42 Å². The zero-order valence-electron chi connectivity index (χ0n) is 10.6. The molecule has 1 aliphatic carbocycles. The van der Waals surface area contributed by atoms with E-state index >= 15 is 0 Å². The molecule has 6 heteroatoms. The molecule has 2 fully saturated rings. The molecule has 0 amide bonds. The van der Waals surface area contributed by atoms with Gasteiger partial charge < -0.3 is 5.73 Å². The van der Waals surface area contributed by atoms with E-state index in [0.29, 0.717) is 24.9 Å². The number of nitrogens with two attached hydrogens (primary N) is 1. The summed E-state index contributed by atoms with van der Waals surface area (Å²) < 4.78 is 28.3. The fourth-order valence-corrected chi connectivity index (χ4v) is 4.51. The van der Waals surface area contributed by atoms with Crippen molar-refractivity contribution in [2.45, 2.75) is 45.2 Å². The van der Waals surface area contributed by atoms with Crippen LogP contribution in [0, 0.1) is 11.8 Å². The van der Waals surface area contributed by atoms with Gasteiger partial charge in [-0.1, -0.05) is 0 Å². The molecular weight excluding hydrogens is 238 g/mol. The minimum atomic E-state index is -3.29. The fourth-order valence-electron chi connectivity index (χ4n) is 2.99. The third-order valence-corrected chi connectivity index (χ3v) is 5.53. The molecule has 0 bridgehead atoms. The minimum absolute atomic E-state index is 0.0510. The normalized spacial score (nSPS) is 35.2. The third kappa shape index (κ3) is 2.99. The molecule has 0 radical (unpaired) electrons.